The number of nitrogens with one attached hydrogen (secondary N) is 2. The Bertz CT molecular complexity index is 342. The third kappa shape index (κ3) is 2.36. The summed E-state index contributed by atoms with van der Waals surface area (Å²) in [7, 11) is 0. The Kier molecular flexibility index (Phi) is 3.61. The molecule has 1 unspecified atom stereocenters. The molecule has 1 saturated carbocycles. The molecular weight excluding hydrogens is 232 g/mol. The van der Waals surface area contributed by atoms with E-state index in [2.05, 4.69) is 10.6 Å². The van der Waals surface area contributed by atoms with E-state index in [1.165, 1.54) is 0 Å². The van der Waals surface area contributed by atoms with E-state index in [1.807, 2.05) is 6.92 Å². The van der Waals surface area contributed by atoms with Crippen LogP contribution in [0.15, 0.2) is 0 Å². The van der Waals surface area contributed by atoms with Crippen molar-refractivity contribution in [3.63, 3.8) is 0 Å². The number of carbonyl (C=O) groups excluding carboxylic acids is 1. The molecule has 5 heteroatoms. The summed E-state index contributed by atoms with van der Waals surface area (Å²) in [5.74, 6) is -0.836. The van der Waals surface area contributed by atoms with Crippen LogP contribution in [0.5, 0.6) is 0 Å². The summed E-state index contributed by atoms with van der Waals surface area (Å²) in [6.07, 6.45) is 5.04. The summed E-state index contributed by atoms with van der Waals surface area (Å²) in [5, 5.41) is 15.4. The Morgan fingerprint density at radius 1 is 1.22 bits per heavy atom. The number of aliphatic carboxylic acids is 1. The number of hydrogen-bond donors (Lipinski definition) is 3. The first-order valence-corrected chi connectivity index (χ1v) is 6.75. The van der Waals surface area contributed by atoms with Crippen molar-refractivity contribution in [2.45, 2.75) is 51.0 Å². The Labute approximate surface area is 107 Å². The quantitative estimate of drug-likeness (QED) is 0.696. The molecule has 5 nitrogen and oxygen atoms in total. The summed E-state index contributed by atoms with van der Waals surface area (Å²) >= 11 is 0. The van der Waals surface area contributed by atoms with Gasteiger partial charge in [0.05, 0.1) is 11.0 Å². The fraction of sp³-hybridized carbons (Fsp3) is 0.846. The van der Waals surface area contributed by atoms with Gasteiger partial charge in [-0.05, 0) is 39.2 Å². The highest BCUT2D eigenvalue weighted by Crippen LogP contribution is 2.37. The van der Waals surface area contributed by atoms with Crippen LogP contribution in [-0.2, 0) is 9.59 Å². The molecule has 1 saturated heterocycles. The maximum atomic E-state index is 12.1. The molecule has 2 fully saturated rings. The van der Waals surface area contributed by atoms with Crippen LogP contribution in [0, 0.1) is 5.41 Å². The second-order valence-corrected chi connectivity index (χ2v) is 5.84. The minimum Gasteiger partial charge on any atom is -0.481 e. The van der Waals surface area contributed by atoms with Crippen molar-refractivity contribution in [1.29, 1.82) is 0 Å². The van der Waals surface area contributed by atoms with Gasteiger partial charge in [-0.1, -0.05) is 12.8 Å². The molecule has 1 atom stereocenters. The molecule has 2 rings (SSSR count). The zero-order chi connectivity index (χ0) is 13.2. The van der Waals surface area contributed by atoms with E-state index in [0.29, 0.717) is 12.8 Å². The van der Waals surface area contributed by atoms with Crippen LogP contribution in [0.1, 0.15) is 45.4 Å². The van der Waals surface area contributed by atoms with Crippen molar-refractivity contribution in [3.05, 3.63) is 0 Å². The van der Waals surface area contributed by atoms with E-state index in [1.54, 1.807) is 0 Å². The lowest BCUT2D eigenvalue weighted by atomic mass is 9.86. The van der Waals surface area contributed by atoms with Crippen LogP contribution in [-0.4, -0.2) is 35.6 Å². The molecule has 1 amide bonds. The Morgan fingerprint density at radius 3 is 2.39 bits per heavy atom. The minimum atomic E-state index is -0.773. The lowest BCUT2D eigenvalue weighted by Gasteiger charge is -2.28. The van der Waals surface area contributed by atoms with Crippen molar-refractivity contribution in [2.24, 2.45) is 5.41 Å². The van der Waals surface area contributed by atoms with Gasteiger partial charge in [-0.15, -0.1) is 0 Å². The third-order valence-electron chi connectivity index (χ3n) is 4.47. The highest BCUT2D eigenvalue weighted by Gasteiger charge is 2.43. The lowest BCUT2D eigenvalue weighted by Crippen LogP contribution is -2.54. The van der Waals surface area contributed by atoms with Crippen molar-refractivity contribution >= 4 is 11.9 Å². The summed E-state index contributed by atoms with van der Waals surface area (Å²) in [6.45, 7) is 3.00. The van der Waals surface area contributed by atoms with E-state index in [4.69, 9.17) is 0 Å². The Balaban J connectivity index is 1.94. The summed E-state index contributed by atoms with van der Waals surface area (Å²) in [5.41, 5.74) is -1.25. The van der Waals surface area contributed by atoms with Crippen LogP contribution in [0.25, 0.3) is 0 Å². The van der Waals surface area contributed by atoms with E-state index >= 15 is 0 Å². The second-order valence-electron chi connectivity index (χ2n) is 5.84. The van der Waals surface area contributed by atoms with Crippen molar-refractivity contribution in [1.82, 2.24) is 10.6 Å². The van der Waals surface area contributed by atoms with Gasteiger partial charge in [-0.3, -0.25) is 9.59 Å². The van der Waals surface area contributed by atoms with Crippen molar-refractivity contribution in [3.8, 4) is 0 Å². The topological polar surface area (TPSA) is 78.4 Å². The number of amides is 1. The summed E-state index contributed by atoms with van der Waals surface area (Å²) in [6, 6.07) is 0. The maximum absolute atomic E-state index is 12.1. The van der Waals surface area contributed by atoms with Crippen molar-refractivity contribution in [2.75, 3.05) is 13.1 Å². The predicted octanol–water partition coefficient (Wildman–Crippen LogP) is 0.890. The number of rotatable bonds is 4. The van der Waals surface area contributed by atoms with Crippen molar-refractivity contribution < 1.29 is 14.7 Å². The fourth-order valence-corrected chi connectivity index (χ4v) is 3.05. The Morgan fingerprint density at radius 2 is 1.89 bits per heavy atom. The first-order chi connectivity index (χ1) is 8.49. The number of carboxylic acid groups (broad SMARTS) is 1. The normalized spacial score (nSPS) is 30.3. The summed E-state index contributed by atoms with van der Waals surface area (Å²) < 4.78 is 0. The predicted molar refractivity (Wildman–Crippen MR) is 67.2 cm³/mol. The van der Waals surface area contributed by atoms with Gasteiger partial charge in [0.25, 0.3) is 0 Å². The van der Waals surface area contributed by atoms with Gasteiger partial charge in [0.2, 0.25) is 5.91 Å². The smallest absolute Gasteiger partial charge is 0.311 e. The molecule has 0 aromatic heterocycles. The van der Waals surface area contributed by atoms with E-state index < -0.39 is 16.9 Å². The van der Waals surface area contributed by atoms with Gasteiger partial charge in [-0.25, -0.2) is 0 Å². The third-order valence-corrected chi connectivity index (χ3v) is 4.47. The molecule has 3 N–H and O–H groups in total. The van der Waals surface area contributed by atoms with Crippen LogP contribution in [0.3, 0.4) is 0 Å². The molecule has 0 aromatic rings. The average Bonchev–Trinajstić information content (AvgIpc) is 2.96. The van der Waals surface area contributed by atoms with Gasteiger partial charge in [0.15, 0.2) is 0 Å². The molecule has 0 bridgehead atoms. The SMILES string of the molecule is CC1(C(=O)NCC2(C(=O)O)CCCC2)CCCN1. The van der Waals surface area contributed by atoms with Crippen LogP contribution >= 0.6 is 0 Å². The minimum absolute atomic E-state index is 0.0625. The van der Waals surface area contributed by atoms with Crippen LogP contribution in [0.4, 0.5) is 0 Å². The highest BCUT2D eigenvalue weighted by atomic mass is 16.4. The van der Waals surface area contributed by atoms with Gasteiger partial charge >= 0.3 is 5.97 Å². The average molecular weight is 254 g/mol. The molecule has 0 aromatic carbocycles. The molecule has 0 spiro atoms. The zero-order valence-electron chi connectivity index (χ0n) is 10.9. The van der Waals surface area contributed by atoms with E-state index in [-0.39, 0.29) is 12.5 Å². The molecular formula is C13H22N2O3. The van der Waals surface area contributed by atoms with Crippen LogP contribution < -0.4 is 10.6 Å². The van der Waals surface area contributed by atoms with Gasteiger partial charge in [-0.2, -0.15) is 0 Å². The largest absolute Gasteiger partial charge is 0.481 e. The van der Waals surface area contributed by atoms with Gasteiger partial charge in [0, 0.05) is 6.54 Å². The van der Waals surface area contributed by atoms with Gasteiger partial charge in [0.1, 0.15) is 0 Å². The molecule has 102 valence electrons. The number of carboxylic acids is 1. The number of hydrogen-bond acceptors (Lipinski definition) is 3. The number of carbonyl (C=O) groups is 2. The maximum Gasteiger partial charge on any atom is 0.311 e. The lowest BCUT2D eigenvalue weighted by molar-refractivity contribution is -0.148. The fourth-order valence-electron chi connectivity index (χ4n) is 3.05. The molecule has 18 heavy (non-hydrogen) atoms. The first-order valence-electron chi connectivity index (χ1n) is 6.75. The molecule has 1 heterocycles. The Hall–Kier alpha value is -1.10. The first kappa shape index (κ1) is 13.3. The monoisotopic (exact) mass is 254 g/mol. The standard InChI is InChI=1S/C13H22N2O3/c1-12(5-4-8-15-12)10(16)14-9-13(11(17)18)6-2-3-7-13/h15H,2-9H2,1H3,(H,14,16)(H,17,18). The second kappa shape index (κ2) is 4.88. The van der Waals surface area contributed by atoms with E-state index in [0.717, 1.165) is 32.2 Å². The zero-order valence-corrected chi connectivity index (χ0v) is 10.9. The summed E-state index contributed by atoms with van der Waals surface area (Å²) in [4.78, 5) is 23.5. The van der Waals surface area contributed by atoms with E-state index in [9.17, 15) is 14.7 Å². The molecule has 1 aliphatic heterocycles. The molecule has 1 aliphatic carbocycles. The van der Waals surface area contributed by atoms with Crippen LogP contribution in [0.2, 0.25) is 0 Å². The molecule has 0 radical (unpaired) electrons. The highest BCUT2D eigenvalue weighted by molar-refractivity contribution is 5.87. The van der Waals surface area contributed by atoms with Gasteiger partial charge < -0.3 is 15.7 Å². The molecule has 2 aliphatic rings.